The van der Waals surface area contributed by atoms with Gasteiger partial charge in [0.25, 0.3) is 0 Å². The molecule has 0 bridgehead atoms. The van der Waals surface area contributed by atoms with Crippen LogP contribution in [0.15, 0.2) is 48.5 Å². The average molecular weight is 383 g/mol. The molecule has 2 N–H and O–H groups in total. The van der Waals surface area contributed by atoms with Gasteiger partial charge in [0, 0.05) is 16.7 Å². The van der Waals surface area contributed by atoms with Crippen molar-refractivity contribution in [2.75, 3.05) is 13.2 Å². The highest BCUT2D eigenvalue weighted by molar-refractivity contribution is 5.38. The van der Waals surface area contributed by atoms with E-state index in [4.69, 9.17) is 0 Å². The van der Waals surface area contributed by atoms with Crippen LogP contribution in [-0.4, -0.2) is 23.4 Å². The molecule has 2 aromatic carbocycles. The Balaban J connectivity index is 2.33. The third kappa shape index (κ3) is 4.67. The monoisotopic (exact) mass is 382 g/mol. The van der Waals surface area contributed by atoms with Gasteiger partial charge in [0.15, 0.2) is 0 Å². The van der Waals surface area contributed by atoms with E-state index in [2.05, 4.69) is 83.1 Å². The SMILES string of the molecule is CCCC(c1ccc(C(C)(CC)CO)cc1)c1ccc(C(C)(CC)CO)cc1. The van der Waals surface area contributed by atoms with Crippen LogP contribution in [0.5, 0.6) is 0 Å². The number of benzene rings is 2. The second-order valence-corrected chi connectivity index (χ2v) is 8.73. The van der Waals surface area contributed by atoms with Crippen LogP contribution in [0.3, 0.4) is 0 Å². The molecule has 2 heteroatoms. The van der Waals surface area contributed by atoms with E-state index >= 15 is 0 Å². The molecule has 0 aliphatic rings. The molecule has 0 radical (unpaired) electrons. The molecular weight excluding hydrogens is 344 g/mol. The van der Waals surface area contributed by atoms with Gasteiger partial charge < -0.3 is 10.2 Å². The van der Waals surface area contributed by atoms with E-state index in [-0.39, 0.29) is 24.0 Å². The summed E-state index contributed by atoms with van der Waals surface area (Å²) in [6, 6.07) is 17.7. The number of rotatable bonds is 10. The van der Waals surface area contributed by atoms with Crippen LogP contribution in [0.2, 0.25) is 0 Å². The minimum absolute atomic E-state index is 0.170. The Morgan fingerprint density at radius 3 is 1.29 bits per heavy atom. The molecule has 2 atom stereocenters. The lowest BCUT2D eigenvalue weighted by atomic mass is 9.78. The molecule has 0 aliphatic heterocycles. The molecule has 0 heterocycles. The van der Waals surface area contributed by atoms with Gasteiger partial charge in [0.05, 0.1) is 13.2 Å². The molecule has 28 heavy (non-hydrogen) atoms. The summed E-state index contributed by atoms with van der Waals surface area (Å²) in [6.45, 7) is 11.1. The fraction of sp³-hybridized carbons (Fsp3) is 0.538. The van der Waals surface area contributed by atoms with E-state index in [1.807, 2.05) is 0 Å². The highest BCUT2D eigenvalue weighted by Crippen LogP contribution is 2.34. The predicted molar refractivity (Wildman–Crippen MR) is 119 cm³/mol. The maximum absolute atomic E-state index is 9.79. The van der Waals surface area contributed by atoms with E-state index in [0.29, 0.717) is 5.92 Å². The first kappa shape index (κ1) is 22.6. The fourth-order valence-corrected chi connectivity index (χ4v) is 3.86. The summed E-state index contributed by atoms with van der Waals surface area (Å²) in [4.78, 5) is 0. The first-order valence-corrected chi connectivity index (χ1v) is 10.8. The van der Waals surface area contributed by atoms with E-state index < -0.39 is 0 Å². The summed E-state index contributed by atoms with van der Waals surface area (Å²) < 4.78 is 0. The van der Waals surface area contributed by atoms with Gasteiger partial charge in [-0.1, -0.05) is 89.6 Å². The second kappa shape index (κ2) is 9.71. The highest BCUT2D eigenvalue weighted by atomic mass is 16.3. The minimum atomic E-state index is -0.171. The minimum Gasteiger partial charge on any atom is -0.395 e. The number of hydrogen-bond donors (Lipinski definition) is 2. The number of hydrogen-bond acceptors (Lipinski definition) is 2. The van der Waals surface area contributed by atoms with Crippen LogP contribution < -0.4 is 0 Å². The molecule has 0 saturated heterocycles. The third-order valence-electron chi connectivity index (χ3n) is 6.86. The molecular formula is C26H38O2. The Labute approximate surface area is 171 Å². The van der Waals surface area contributed by atoms with Crippen LogP contribution in [0.1, 0.15) is 88.5 Å². The lowest BCUT2D eigenvalue weighted by Crippen LogP contribution is -2.25. The smallest absolute Gasteiger partial charge is 0.0525 e. The zero-order valence-corrected chi connectivity index (χ0v) is 18.3. The van der Waals surface area contributed by atoms with Crippen molar-refractivity contribution in [3.05, 3.63) is 70.8 Å². The molecule has 2 nitrogen and oxygen atoms in total. The van der Waals surface area contributed by atoms with Crippen molar-refractivity contribution < 1.29 is 10.2 Å². The topological polar surface area (TPSA) is 40.5 Å². The summed E-state index contributed by atoms with van der Waals surface area (Å²) in [5.41, 5.74) is 4.72. The van der Waals surface area contributed by atoms with E-state index in [0.717, 1.165) is 25.7 Å². The lowest BCUT2D eigenvalue weighted by Gasteiger charge is -2.28. The first-order chi connectivity index (χ1) is 13.4. The zero-order valence-electron chi connectivity index (χ0n) is 18.3. The number of aliphatic hydroxyl groups is 2. The van der Waals surface area contributed by atoms with Crippen molar-refractivity contribution in [2.24, 2.45) is 0 Å². The number of aliphatic hydroxyl groups excluding tert-OH is 2. The van der Waals surface area contributed by atoms with Crippen molar-refractivity contribution in [1.29, 1.82) is 0 Å². The van der Waals surface area contributed by atoms with Gasteiger partial charge in [-0.25, -0.2) is 0 Å². The maximum atomic E-state index is 9.79. The first-order valence-electron chi connectivity index (χ1n) is 10.8. The Kier molecular flexibility index (Phi) is 7.86. The molecule has 0 aromatic heterocycles. The normalized spacial score (nSPS) is 17.0. The molecule has 2 rings (SSSR count). The molecule has 154 valence electrons. The Morgan fingerprint density at radius 2 is 1.04 bits per heavy atom. The van der Waals surface area contributed by atoms with Crippen LogP contribution in [0, 0.1) is 0 Å². The van der Waals surface area contributed by atoms with Crippen LogP contribution >= 0.6 is 0 Å². The summed E-state index contributed by atoms with van der Waals surface area (Å²) in [7, 11) is 0. The molecule has 0 fully saturated rings. The van der Waals surface area contributed by atoms with Gasteiger partial charge in [0.2, 0.25) is 0 Å². The summed E-state index contributed by atoms with van der Waals surface area (Å²) in [6.07, 6.45) is 4.07. The Hall–Kier alpha value is -1.64. The van der Waals surface area contributed by atoms with Crippen molar-refractivity contribution in [3.63, 3.8) is 0 Å². The summed E-state index contributed by atoms with van der Waals surface area (Å²) >= 11 is 0. The van der Waals surface area contributed by atoms with Gasteiger partial charge in [-0.3, -0.25) is 0 Å². The third-order valence-corrected chi connectivity index (χ3v) is 6.86. The fourth-order valence-electron chi connectivity index (χ4n) is 3.86. The predicted octanol–water partition coefficient (Wildman–Crippen LogP) is 5.94. The lowest BCUT2D eigenvalue weighted by molar-refractivity contribution is 0.201. The standard InChI is InChI=1S/C26H38O2/c1-6-9-24(20-10-14-22(15-11-20)25(4,7-2)18-27)21-12-16-23(17-13-21)26(5,8-3)19-28/h10-17,24,27-28H,6-9,18-19H2,1-5H3. The van der Waals surface area contributed by atoms with Crippen LogP contribution in [-0.2, 0) is 10.8 Å². The quantitative estimate of drug-likeness (QED) is 0.534. The molecule has 0 aliphatic carbocycles. The van der Waals surface area contributed by atoms with Crippen molar-refractivity contribution >= 4 is 0 Å². The summed E-state index contributed by atoms with van der Waals surface area (Å²) in [5.74, 6) is 0.372. The van der Waals surface area contributed by atoms with Gasteiger partial charge >= 0.3 is 0 Å². The van der Waals surface area contributed by atoms with Gasteiger partial charge in [0.1, 0.15) is 0 Å². The Bertz CT molecular complexity index is 646. The molecule has 0 spiro atoms. The molecule has 2 aromatic rings. The Morgan fingerprint density at radius 1 is 0.679 bits per heavy atom. The second-order valence-electron chi connectivity index (χ2n) is 8.73. The van der Waals surface area contributed by atoms with E-state index in [1.165, 1.54) is 22.3 Å². The van der Waals surface area contributed by atoms with Crippen LogP contribution in [0.4, 0.5) is 0 Å². The van der Waals surface area contributed by atoms with Crippen molar-refractivity contribution in [1.82, 2.24) is 0 Å². The van der Waals surface area contributed by atoms with E-state index in [1.54, 1.807) is 0 Å². The largest absolute Gasteiger partial charge is 0.395 e. The zero-order chi connectivity index (χ0) is 20.8. The van der Waals surface area contributed by atoms with Crippen molar-refractivity contribution in [2.45, 2.75) is 77.0 Å². The van der Waals surface area contributed by atoms with Gasteiger partial charge in [-0.15, -0.1) is 0 Å². The van der Waals surface area contributed by atoms with Gasteiger partial charge in [-0.2, -0.15) is 0 Å². The average Bonchev–Trinajstić information content (AvgIpc) is 2.76. The highest BCUT2D eigenvalue weighted by Gasteiger charge is 2.25. The summed E-state index contributed by atoms with van der Waals surface area (Å²) in [5, 5.41) is 19.6. The maximum Gasteiger partial charge on any atom is 0.0525 e. The van der Waals surface area contributed by atoms with Crippen LogP contribution in [0.25, 0.3) is 0 Å². The molecule has 0 saturated carbocycles. The van der Waals surface area contributed by atoms with Gasteiger partial charge in [-0.05, 0) is 41.5 Å². The molecule has 2 unspecified atom stereocenters. The van der Waals surface area contributed by atoms with E-state index in [9.17, 15) is 10.2 Å². The molecule has 0 amide bonds. The van der Waals surface area contributed by atoms with Crippen molar-refractivity contribution in [3.8, 4) is 0 Å².